The Morgan fingerprint density at radius 1 is 1.50 bits per heavy atom. The zero-order valence-corrected chi connectivity index (χ0v) is 13.5. The lowest BCUT2D eigenvalue weighted by atomic mass is 10.2. The number of nitrogens with one attached hydrogen (secondary N) is 2. The zero-order valence-electron chi connectivity index (χ0n) is 10.4. The summed E-state index contributed by atoms with van der Waals surface area (Å²) >= 11 is 10.8. The summed E-state index contributed by atoms with van der Waals surface area (Å²) in [4.78, 5) is 17.8. The Bertz CT molecular complexity index is 650. The standard InChI is InChI=1S/C13H11BrClN3OS/c14-8-2-1-7(5-9(8)15)12(19)18-13-17-10-3-4-16-6-11(10)20-13/h1-2,5,16H,3-4,6H2,(H,17,18,19). The highest BCUT2D eigenvalue weighted by Crippen LogP contribution is 2.27. The average Bonchev–Trinajstić information content (AvgIpc) is 2.83. The number of anilines is 1. The number of aromatic nitrogens is 1. The van der Waals surface area contributed by atoms with Crippen LogP contribution in [0.4, 0.5) is 5.13 Å². The molecule has 7 heteroatoms. The lowest BCUT2D eigenvalue weighted by molar-refractivity contribution is 0.102. The van der Waals surface area contributed by atoms with Crippen LogP contribution in [0.2, 0.25) is 5.02 Å². The second kappa shape index (κ2) is 5.81. The van der Waals surface area contributed by atoms with Crippen molar-refractivity contribution in [3.8, 4) is 0 Å². The Hall–Kier alpha value is -0.950. The van der Waals surface area contributed by atoms with Gasteiger partial charge in [0.05, 0.1) is 10.7 Å². The molecule has 1 aromatic carbocycles. The molecule has 2 N–H and O–H groups in total. The molecule has 0 spiro atoms. The third-order valence-corrected chi connectivity index (χ3v) is 5.25. The van der Waals surface area contributed by atoms with Crippen LogP contribution in [0.15, 0.2) is 22.7 Å². The molecule has 4 nitrogen and oxygen atoms in total. The summed E-state index contributed by atoms with van der Waals surface area (Å²) < 4.78 is 0.770. The SMILES string of the molecule is O=C(Nc1nc2c(s1)CNCC2)c1ccc(Br)c(Cl)c1. The molecule has 2 heterocycles. The molecule has 1 aromatic heterocycles. The summed E-state index contributed by atoms with van der Waals surface area (Å²) in [6, 6.07) is 5.12. The fourth-order valence-corrected chi connectivity index (χ4v) is 3.39. The molecule has 0 bridgehead atoms. The van der Waals surface area contributed by atoms with E-state index in [-0.39, 0.29) is 5.91 Å². The van der Waals surface area contributed by atoms with Crippen molar-refractivity contribution in [3.05, 3.63) is 43.8 Å². The zero-order chi connectivity index (χ0) is 14.1. The van der Waals surface area contributed by atoms with Gasteiger partial charge in [-0.1, -0.05) is 11.6 Å². The fourth-order valence-electron chi connectivity index (χ4n) is 1.99. The molecule has 0 unspecified atom stereocenters. The lowest BCUT2D eigenvalue weighted by Crippen LogP contribution is -2.22. The Labute approximate surface area is 133 Å². The Kier molecular flexibility index (Phi) is 4.07. The Balaban J connectivity index is 1.78. The molecule has 1 aliphatic rings. The second-order valence-corrected chi connectivity index (χ2v) is 6.74. The van der Waals surface area contributed by atoms with Crippen LogP contribution in [-0.4, -0.2) is 17.4 Å². The van der Waals surface area contributed by atoms with Crippen LogP contribution in [0, 0.1) is 0 Å². The maximum atomic E-state index is 12.2. The minimum atomic E-state index is -0.196. The van der Waals surface area contributed by atoms with E-state index in [0.29, 0.717) is 15.7 Å². The van der Waals surface area contributed by atoms with Gasteiger partial charge in [-0.15, -0.1) is 11.3 Å². The molecule has 1 aliphatic heterocycles. The van der Waals surface area contributed by atoms with Crippen molar-refractivity contribution < 1.29 is 4.79 Å². The Morgan fingerprint density at radius 3 is 3.10 bits per heavy atom. The first-order valence-corrected chi connectivity index (χ1v) is 8.08. The van der Waals surface area contributed by atoms with E-state index < -0.39 is 0 Å². The summed E-state index contributed by atoms with van der Waals surface area (Å²) in [7, 11) is 0. The number of benzene rings is 1. The van der Waals surface area contributed by atoms with Gasteiger partial charge < -0.3 is 5.32 Å². The average molecular weight is 373 g/mol. The smallest absolute Gasteiger partial charge is 0.257 e. The van der Waals surface area contributed by atoms with Crippen molar-refractivity contribution in [2.45, 2.75) is 13.0 Å². The summed E-state index contributed by atoms with van der Waals surface area (Å²) in [5, 5.41) is 7.27. The van der Waals surface area contributed by atoms with E-state index in [1.54, 1.807) is 18.2 Å². The molecule has 0 aliphatic carbocycles. The molecular weight excluding hydrogens is 362 g/mol. The highest BCUT2D eigenvalue weighted by molar-refractivity contribution is 9.10. The van der Waals surface area contributed by atoms with E-state index in [0.717, 1.165) is 29.7 Å². The van der Waals surface area contributed by atoms with E-state index in [1.165, 1.54) is 16.2 Å². The van der Waals surface area contributed by atoms with E-state index in [2.05, 4.69) is 31.5 Å². The number of nitrogens with zero attached hydrogens (tertiary/aromatic N) is 1. The first-order chi connectivity index (χ1) is 9.63. The van der Waals surface area contributed by atoms with Crippen molar-refractivity contribution in [2.75, 3.05) is 11.9 Å². The molecule has 0 fully saturated rings. The second-order valence-electron chi connectivity index (χ2n) is 4.40. The maximum Gasteiger partial charge on any atom is 0.257 e. The number of amides is 1. The fraction of sp³-hybridized carbons (Fsp3) is 0.231. The molecule has 3 rings (SSSR count). The lowest BCUT2D eigenvalue weighted by Gasteiger charge is -2.09. The van der Waals surface area contributed by atoms with Gasteiger partial charge in [-0.3, -0.25) is 10.1 Å². The summed E-state index contributed by atoms with van der Waals surface area (Å²) in [6.07, 6.45) is 0.909. The first-order valence-electron chi connectivity index (χ1n) is 6.09. The van der Waals surface area contributed by atoms with Gasteiger partial charge in [-0.05, 0) is 34.1 Å². The highest BCUT2D eigenvalue weighted by Gasteiger charge is 2.16. The van der Waals surface area contributed by atoms with E-state index in [4.69, 9.17) is 11.6 Å². The molecule has 0 radical (unpaired) electrons. The topological polar surface area (TPSA) is 54.0 Å². The van der Waals surface area contributed by atoms with Gasteiger partial charge in [0.1, 0.15) is 0 Å². The van der Waals surface area contributed by atoms with Crippen molar-refractivity contribution in [1.82, 2.24) is 10.3 Å². The van der Waals surface area contributed by atoms with Crippen LogP contribution >= 0.6 is 38.9 Å². The van der Waals surface area contributed by atoms with E-state index in [1.807, 2.05) is 0 Å². The van der Waals surface area contributed by atoms with Gasteiger partial charge in [0.15, 0.2) is 5.13 Å². The number of thiazole rings is 1. The molecule has 0 atom stereocenters. The van der Waals surface area contributed by atoms with Gasteiger partial charge in [-0.2, -0.15) is 0 Å². The molecule has 104 valence electrons. The molecule has 0 saturated carbocycles. The molecule has 2 aromatic rings. The molecule has 0 saturated heterocycles. The van der Waals surface area contributed by atoms with Crippen LogP contribution in [-0.2, 0) is 13.0 Å². The number of carbonyl (C=O) groups is 1. The number of fused-ring (bicyclic) bond motifs is 1. The third kappa shape index (κ3) is 2.88. The van der Waals surface area contributed by atoms with Crippen LogP contribution < -0.4 is 10.6 Å². The molecule has 20 heavy (non-hydrogen) atoms. The third-order valence-electron chi connectivity index (χ3n) is 3.00. The van der Waals surface area contributed by atoms with E-state index >= 15 is 0 Å². The van der Waals surface area contributed by atoms with Gasteiger partial charge in [0.2, 0.25) is 0 Å². The predicted octanol–water partition coefficient (Wildman–Crippen LogP) is 3.46. The van der Waals surface area contributed by atoms with Crippen LogP contribution in [0.5, 0.6) is 0 Å². The summed E-state index contributed by atoms with van der Waals surface area (Å²) in [5.74, 6) is -0.196. The Morgan fingerprint density at radius 2 is 2.35 bits per heavy atom. The number of rotatable bonds is 2. The largest absolute Gasteiger partial charge is 0.311 e. The van der Waals surface area contributed by atoms with Crippen LogP contribution in [0.1, 0.15) is 20.9 Å². The van der Waals surface area contributed by atoms with Crippen LogP contribution in [0.3, 0.4) is 0 Å². The monoisotopic (exact) mass is 371 g/mol. The summed E-state index contributed by atoms with van der Waals surface area (Å²) in [5.41, 5.74) is 1.60. The molecule has 1 amide bonds. The molecular formula is C13H11BrClN3OS. The number of halogens is 2. The maximum absolute atomic E-state index is 12.2. The van der Waals surface area contributed by atoms with E-state index in [9.17, 15) is 4.79 Å². The number of hydrogen-bond donors (Lipinski definition) is 2. The van der Waals surface area contributed by atoms with Crippen molar-refractivity contribution in [2.24, 2.45) is 0 Å². The number of hydrogen-bond acceptors (Lipinski definition) is 4. The van der Waals surface area contributed by atoms with Gasteiger partial charge >= 0.3 is 0 Å². The van der Waals surface area contributed by atoms with Crippen molar-refractivity contribution >= 4 is 49.9 Å². The normalized spacial score (nSPS) is 13.9. The predicted molar refractivity (Wildman–Crippen MR) is 84.6 cm³/mol. The number of carbonyl (C=O) groups excluding carboxylic acids is 1. The van der Waals surface area contributed by atoms with Gasteiger partial charge in [0.25, 0.3) is 5.91 Å². The minimum Gasteiger partial charge on any atom is -0.311 e. The minimum absolute atomic E-state index is 0.196. The van der Waals surface area contributed by atoms with Gasteiger partial charge in [0, 0.05) is 34.4 Å². The van der Waals surface area contributed by atoms with Crippen molar-refractivity contribution in [3.63, 3.8) is 0 Å². The highest BCUT2D eigenvalue weighted by atomic mass is 79.9. The first kappa shape index (κ1) is 14.0. The quantitative estimate of drug-likeness (QED) is 0.849. The summed E-state index contributed by atoms with van der Waals surface area (Å²) in [6.45, 7) is 1.76. The van der Waals surface area contributed by atoms with Gasteiger partial charge in [-0.25, -0.2) is 4.98 Å². The van der Waals surface area contributed by atoms with Crippen LogP contribution in [0.25, 0.3) is 0 Å². The van der Waals surface area contributed by atoms with Crippen molar-refractivity contribution in [1.29, 1.82) is 0 Å².